The van der Waals surface area contributed by atoms with E-state index < -0.39 is 36.4 Å². The largest absolute Gasteiger partial charge is 0.415 e. The van der Waals surface area contributed by atoms with Crippen molar-refractivity contribution in [2.45, 2.75) is 63.3 Å². The summed E-state index contributed by atoms with van der Waals surface area (Å²) in [5, 5.41) is 20.7. The zero-order valence-corrected chi connectivity index (χ0v) is 23.1. The van der Waals surface area contributed by atoms with Gasteiger partial charge in [-0.1, -0.05) is 0 Å². The Bertz CT molecular complexity index is 1500. The van der Waals surface area contributed by atoms with Crippen LogP contribution in [0.1, 0.15) is 52.5 Å². The average molecular weight is 615 g/mol. The molecule has 3 N–H and O–H groups in total. The van der Waals surface area contributed by atoms with Gasteiger partial charge in [0.1, 0.15) is 23.3 Å². The lowest BCUT2D eigenvalue weighted by atomic mass is 9.83. The maximum absolute atomic E-state index is 13.5. The molecule has 2 saturated carbocycles. The van der Waals surface area contributed by atoms with Crippen LogP contribution in [0.25, 0.3) is 0 Å². The number of aromatic nitrogens is 5. The molecule has 0 unspecified atom stereocenters. The van der Waals surface area contributed by atoms with Crippen molar-refractivity contribution in [3.05, 3.63) is 28.4 Å². The summed E-state index contributed by atoms with van der Waals surface area (Å²) in [6, 6.07) is 1.05. The number of anilines is 3. The highest BCUT2D eigenvalue weighted by atomic mass is 32.1. The van der Waals surface area contributed by atoms with Crippen LogP contribution in [0.5, 0.6) is 5.88 Å². The number of halogens is 5. The molecule has 0 aromatic carbocycles. The third-order valence-electron chi connectivity index (χ3n) is 7.89. The van der Waals surface area contributed by atoms with Crippen LogP contribution >= 0.6 is 11.3 Å². The summed E-state index contributed by atoms with van der Waals surface area (Å²) < 4.78 is 72.9. The minimum absolute atomic E-state index is 0.118. The normalized spacial score (nSPS) is 24.1. The molecule has 6 rings (SSSR count). The Morgan fingerprint density at radius 1 is 1.29 bits per heavy atom. The van der Waals surface area contributed by atoms with Crippen LogP contribution in [0.4, 0.5) is 38.7 Å². The summed E-state index contributed by atoms with van der Waals surface area (Å²) in [7, 11) is 1.54. The summed E-state index contributed by atoms with van der Waals surface area (Å²) in [4.78, 5) is 27.0. The Balaban J connectivity index is 1.23. The van der Waals surface area contributed by atoms with E-state index in [2.05, 4.69) is 36.0 Å². The predicted molar refractivity (Wildman–Crippen MR) is 140 cm³/mol. The summed E-state index contributed by atoms with van der Waals surface area (Å²) in [5.41, 5.74) is 0.896. The maximum Gasteiger partial charge on any atom is 0.388 e. The Kier molecular flexibility index (Phi) is 7.31. The van der Waals surface area contributed by atoms with E-state index in [1.54, 1.807) is 4.57 Å². The van der Waals surface area contributed by atoms with Crippen LogP contribution in [-0.2, 0) is 24.7 Å². The summed E-state index contributed by atoms with van der Waals surface area (Å²) in [6.45, 7) is -3.23. The van der Waals surface area contributed by atoms with E-state index in [9.17, 15) is 31.5 Å². The molecular formula is C25H27F5N8O3S. The van der Waals surface area contributed by atoms with E-state index in [1.807, 2.05) is 0 Å². The smallest absolute Gasteiger partial charge is 0.388 e. The molecule has 0 spiro atoms. The number of carbonyl (C=O) groups excluding carboxylic acids is 2. The van der Waals surface area contributed by atoms with Gasteiger partial charge >= 0.3 is 6.61 Å². The van der Waals surface area contributed by atoms with Gasteiger partial charge in [0, 0.05) is 48.8 Å². The van der Waals surface area contributed by atoms with Gasteiger partial charge in [0.2, 0.25) is 17.7 Å². The quantitative estimate of drug-likeness (QED) is 0.292. The van der Waals surface area contributed by atoms with Gasteiger partial charge in [-0.2, -0.15) is 8.78 Å². The molecule has 2 amide bonds. The number of thiophene rings is 1. The highest BCUT2D eigenvalue weighted by Crippen LogP contribution is 2.48. The first-order valence-corrected chi connectivity index (χ1v) is 14.2. The minimum atomic E-state index is -3.03. The van der Waals surface area contributed by atoms with Gasteiger partial charge in [-0.05, 0) is 37.7 Å². The van der Waals surface area contributed by atoms with Crippen LogP contribution in [-0.4, -0.2) is 61.6 Å². The molecular weight excluding hydrogens is 587 g/mol. The van der Waals surface area contributed by atoms with E-state index >= 15 is 0 Å². The summed E-state index contributed by atoms with van der Waals surface area (Å²) >= 11 is 1.26. The molecule has 11 nitrogen and oxygen atoms in total. The van der Waals surface area contributed by atoms with Gasteiger partial charge in [-0.25, -0.2) is 17.9 Å². The topological polar surface area (TPSA) is 128 Å². The average Bonchev–Trinajstić information content (AvgIpc) is 3.28. The van der Waals surface area contributed by atoms with Crippen LogP contribution < -0.4 is 20.7 Å². The number of ether oxygens (including phenoxy) is 1. The number of nitrogens with zero attached hydrogens (tertiary/aromatic N) is 5. The van der Waals surface area contributed by atoms with E-state index in [4.69, 9.17) is 0 Å². The van der Waals surface area contributed by atoms with Crippen molar-refractivity contribution in [3.63, 3.8) is 0 Å². The molecule has 3 aromatic rings. The fourth-order valence-corrected chi connectivity index (χ4v) is 6.57. The maximum atomic E-state index is 13.5. The monoisotopic (exact) mass is 614 g/mol. The molecule has 0 saturated heterocycles. The van der Waals surface area contributed by atoms with Crippen molar-refractivity contribution in [2.75, 3.05) is 17.2 Å². The molecule has 2 fully saturated rings. The molecule has 3 aliphatic rings. The van der Waals surface area contributed by atoms with Gasteiger partial charge in [-0.3, -0.25) is 14.2 Å². The lowest BCUT2D eigenvalue weighted by Gasteiger charge is -2.28. The summed E-state index contributed by atoms with van der Waals surface area (Å²) in [5.74, 6) is -4.81. The van der Waals surface area contributed by atoms with E-state index in [0.29, 0.717) is 41.6 Å². The number of rotatable bonds is 10. The SMILES string of the molecule is Cn1nc(OC(F)F)cc1Nc1nncn1[C@H]1CCc2sc(NC(=O)C3CC(F)C3)c(C(=O)NC[C@H]3CC3(F)F)c2C1. The second-order valence-electron chi connectivity index (χ2n) is 10.8. The molecule has 3 aromatic heterocycles. The van der Waals surface area contributed by atoms with Crippen molar-refractivity contribution in [2.24, 2.45) is 18.9 Å². The highest BCUT2D eigenvalue weighted by Gasteiger charge is 2.56. The Hall–Kier alpha value is -3.76. The number of aryl methyl sites for hydroxylation is 2. The molecule has 0 bridgehead atoms. The summed E-state index contributed by atoms with van der Waals surface area (Å²) in [6.07, 6.45) is 1.94. The minimum Gasteiger partial charge on any atom is -0.415 e. The van der Waals surface area contributed by atoms with Crippen LogP contribution in [0.2, 0.25) is 0 Å². The zero-order chi connectivity index (χ0) is 29.8. The van der Waals surface area contributed by atoms with Gasteiger partial charge in [-0.15, -0.1) is 26.6 Å². The van der Waals surface area contributed by atoms with Gasteiger partial charge < -0.3 is 20.7 Å². The number of hydrogen-bond acceptors (Lipinski definition) is 8. The second-order valence-corrected chi connectivity index (χ2v) is 11.9. The Morgan fingerprint density at radius 2 is 2.05 bits per heavy atom. The molecule has 2 atom stereocenters. The van der Waals surface area contributed by atoms with Gasteiger partial charge in [0.05, 0.1) is 5.56 Å². The Morgan fingerprint density at radius 3 is 2.74 bits per heavy atom. The van der Waals surface area contributed by atoms with Crippen molar-refractivity contribution in [3.8, 4) is 5.88 Å². The third kappa shape index (κ3) is 5.65. The van der Waals surface area contributed by atoms with Gasteiger partial charge in [0.25, 0.3) is 11.8 Å². The van der Waals surface area contributed by atoms with Crippen LogP contribution in [0.15, 0.2) is 12.4 Å². The number of fused-ring (bicyclic) bond motifs is 1. The number of nitrogens with one attached hydrogen (secondary N) is 3. The highest BCUT2D eigenvalue weighted by molar-refractivity contribution is 7.17. The van der Waals surface area contributed by atoms with E-state index in [1.165, 1.54) is 35.5 Å². The van der Waals surface area contributed by atoms with Crippen molar-refractivity contribution < 1.29 is 36.3 Å². The molecule has 3 aliphatic carbocycles. The fraction of sp³-hybridized carbons (Fsp3) is 0.560. The first kappa shape index (κ1) is 28.4. The van der Waals surface area contributed by atoms with Crippen LogP contribution in [0.3, 0.4) is 0 Å². The molecule has 0 radical (unpaired) electrons. The predicted octanol–water partition coefficient (Wildman–Crippen LogP) is 4.22. The fourth-order valence-electron chi connectivity index (χ4n) is 5.32. The van der Waals surface area contributed by atoms with Gasteiger partial charge in [0.15, 0.2) is 0 Å². The zero-order valence-electron chi connectivity index (χ0n) is 22.3. The Labute approximate surface area is 239 Å². The van der Waals surface area contributed by atoms with Crippen molar-refractivity contribution in [1.82, 2.24) is 29.9 Å². The lowest BCUT2D eigenvalue weighted by molar-refractivity contribution is -0.124. The first-order valence-electron chi connectivity index (χ1n) is 13.4. The number of carbonyl (C=O) groups is 2. The molecule has 226 valence electrons. The van der Waals surface area contributed by atoms with Crippen LogP contribution in [0, 0.1) is 11.8 Å². The molecule has 3 heterocycles. The molecule has 17 heteroatoms. The van der Waals surface area contributed by atoms with E-state index in [0.717, 1.165) is 4.88 Å². The molecule has 42 heavy (non-hydrogen) atoms. The third-order valence-corrected chi connectivity index (χ3v) is 9.10. The number of hydrogen-bond donors (Lipinski definition) is 3. The number of amides is 2. The van der Waals surface area contributed by atoms with Crippen molar-refractivity contribution >= 4 is 39.9 Å². The molecule has 0 aliphatic heterocycles. The lowest BCUT2D eigenvalue weighted by Crippen LogP contribution is -2.36. The van der Waals surface area contributed by atoms with E-state index in [-0.39, 0.29) is 49.2 Å². The van der Waals surface area contributed by atoms with Crippen molar-refractivity contribution in [1.29, 1.82) is 0 Å². The second kappa shape index (κ2) is 10.8. The number of alkyl halides is 5. The first-order chi connectivity index (χ1) is 20.0. The standard InChI is InChI=1S/C25H27F5N8O3S/c1-37-17(7-18(36-37)41-23(27)28)33-24-35-32-10-38(24)14-2-3-16-15(6-14)19(21(40)31-9-12-8-25(12,29)30)22(42-16)34-20(39)11-4-13(26)5-11/h7,10-14,23H,2-6,8-9H2,1H3,(H,31,40)(H,33,35)(H,34,39)/t11?,12-,13?,14+/m1/s1.